The Morgan fingerprint density at radius 2 is 1.90 bits per heavy atom. The van der Waals surface area contributed by atoms with E-state index in [1.807, 2.05) is 0 Å². The van der Waals surface area contributed by atoms with Gasteiger partial charge in [0.25, 0.3) is 0 Å². The van der Waals surface area contributed by atoms with Crippen molar-refractivity contribution >= 4 is 34.4 Å². The van der Waals surface area contributed by atoms with Crippen molar-refractivity contribution in [2.75, 3.05) is 0 Å². The number of thiol groups is 1. The van der Waals surface area contributed by atoms with Gasteiger partial charge in [-0.3, -0.25) is 0 Å². The smallest absolute Gasteiger partial charge is 0.343 e. The summed E-state index contributed by atoms with van der Waals surface area (Å²) >= 11 is 3.53. The van der Waals surface area contributed by atoms with Crippen molar-refractivity contribution in [1.29, 1.82) is 0 Å². The molecule has 0 aromatic heterocycles. The summed E-state index contributed by atoms with van der Waals surface area (Å²) in [6, 6.07) is 0. The van der Waals surface area contributed by atoms with Crippen LogP contribution in [0, 0.1) is 0 Å². The van der Waals surface area contributed by atoms with Gasteiger partial charge < -0.3 is 10.2 Å². The van der Waals surface area contributed by atoms with Crippen LogP contribution in [0.15, 0.2) is 11.0 Å². The molecule has 0 amide bonds. The zero-order valence-electron chi connectivity index (χ0n) is 4.64. The summed E-state index contributed by atoms with van der Waals surface area (Å²) in [7, 11) is 0.582. The maximum absolute atomic E-state index is 10.1. The first-order valence-electron chi connectivity index (χ1n) is 2.07. The van der Waals surface area contributed by atoms with Gasteiger partial charge in [-0.25, -0.2) is 9.59 Å². The van der Waals surface area contributed by atoms with Crippen LogP contribution in [-0.2, 0) is 9.59 Å². The Morgan fingerprint density at radius 1 is 1.40 bits per heavy atom. The van der Waals surface area contributed by atoms with Gasteiger partial charge in [-0.1, -0.05) is 10.8 Å². The van der Waals surface area contributed by atoms with E-state index in [1.165, 1.54) is 0 Å². The van der Waals surface area contributed by atoms with E-state index >= 15 is 0 Å². The molecule has 0 spiro atoms. The van der Waals surface area contributed by atoms with E-state index in [2.05, 4.69) is 11.7 Å². The molecule has 0 bridgehead atoms. The fourth-order valence-electron chi connectivity index (χ4n) is 0.239. The van der Waals surface area contributed by atoms with E-state index in [1.54, 1.807) is 0 Å². The SMILES string of the molecule is O=C(O)/C=C(/SS)C(=O)O. The van der Waals surface area contributed by atoms with Crippen molar-refractivity contribution < 1.29 is 19.8 Å². The summed E-state index contributed by atoms with van der Waals surface area (Å²) in [5, 5.41) is 16.3. The van der Waals surface area contributed by atoms with Crippen LogP contribution in [0.25, 0.3) is 0 Å². The summed E-state index contributed by atoms with van der Waals surface area (Å²) in [5.41, 5.74) is 0. The van der Waals surface area contributed by atoms with E-state index < -0.39 is 11.9 Å². The molecule has 0 aliphatic heterocycles. The van der Waals surface area contributed by atoms with Crippen molar-refractivity contribution in [2.45, 2.75) is 0 Å². The Hall–Kier alpha value is -0.620. The average molecular weight is 180 g/mol. The van der Waals surface area contributed by atoms with Crippen LogP contribution in [0.3, 0.4) is 0 Å². The van der Waals surface area contributed by atoms with Crippen LogP contribution in [-0.4, -0.2) is 22.2 Å². The topological polar surface area (TPSA) is 74.6 Å². The minimum atomic E-state index is -1.29. The van der Waals surface area contributed by atoms with Gasteiger partial charge in [-0.15, -0.1) is 11.7 Å². The Bertz CT molecular complexity index is 186. The van der Waals surface area contributed by atoms with Crippen LogP contribution < -0.4 is 0 Å². The van der Waals surface area contributed by atoms with Crippen molar-refractivity contribution in [3.8, 4) is 0 Å². The molecule has 6 heteroatoms. The lowest BCUT2D eigenvalue weighted by Gasteiger charge is -1.90. The Labute approximate surface area is 65.7 Å². The number of carboxylic acid groups (broad SMARTS) is 2. The molecule has 0 radical (unpaired) electrons. The largest absolute Gasteiger partial charge is 0.478 e. The highest BCUT2D eigenvalue weighted by molar-refractivity contribution is 8.70. The van der Waals surface area contributed by atoms with Gasteiger partial charge in [0.05, 0.1) is 0 Å². The second kappa shape index (κ2) is 4.24. The van der Waals surface area contributed by atoms with Gasteiger partial charge in [0, 0.05) is 6.08 Å². The van der Waals surface area contributed by atoms with E-state index in [0.717, 1.165) is 0 Å². The zero-order chi connectivity index (χ0) is 8.15. The van der Waals surface area contributed by atoms with Gasteiger partial charge in [0.15, 0.2) is 0 Å². The van der Waals surface area contributed by atoms with Crippen LogP contribution >= 0.6 is 22.5 Å². The predicted molar refractivity (Wildman–Crippen MR) is 39.9 cm³/mol. The van der Waals surface area contributed by atoms with Crippen molar-refractivity contribution in [1.82, 2.24) is 0 Å². The standard InChI is InChI=1S/C4H4O4S2/c5-3(6)1-2(10-9)4(7)8/h1,9H,(H,5,6)(H,7,8)/b2-1+. The van der Waals surface area contributed by atoms with E-state index in [0.29, 0.717) is 16.9 Å². The Morgan fingerprint density at radius 3 is 2.00 bits per heavy atom. The summed E-state index contributed by atoms with van der Waals surface area (Å²) in [5.74, 6) is -2.58. The molecule has 0 saturated heterocycles. The Balaban J connectivity index is 4.34. The molecule has 0 aliphatic rings. The Kier molecular flexibility index (Phi) is 3.97. The van der Waals surface area contributed by atoms with Crippen LogP contribution in [0.4, 0.5) is 0 Å². The van der Waals surface area contributed by atoms with Gasteiger partial charge in [-0.05, 0) is 0 Å². The number of hydrogen-bond donors (Lipinski definition) is 3. The van der Waals surface area contributed by atoms with Crippen LogP contribution in [0.2, 0.25) is 0 Å². The van der Waals surface area contributed by atoms with Crippen molar-refractivity contribution in [3.63, 3.8) is 0 Å². The second-order valence-corrected chi connectivity index (χ2v) is 2.41. The zero-order valence-corrected chi connectivity index (χ0v) is 6.35. The molecule has 10 heavy (non-hydrogen) atoms. The molecule has 56 valence electrons. The molecule has 2 N–H and O–H groups in total. The van der Waals surface area contributed by atoms with Crippen molar-refractivity contribution in [3.05, 3.63) is 11.0 Å². The molecule has 0 atom stereocenters. The summed E-state index contributed by atoms with van der Waals surface area (Å²) < 4.78 is 0. The third-order valence-electron chi connectivity index (χ3n) is 0.564. The fraction of sp³-hybridized carbons (Fsp3) is 0. The molecule has 0 aromatic rings. The monoisotopic (exact) mass is 180 g/mol. The molecule has 0 fully saturated rings. The average Bonchev–Trinajstić information content (AvgIpc) is 1.81. The summed E-state index contributed by atoms with van der Waals surface area (Å²) in [6.07, 6.45) is 0.583. The number of hydrogen-bond acceptors (Lipinski definition) is 4. The first-order chi connectivity index (χ1) is 4.57. The van der Waals surface area contributed by atoms with Crippen LogP contribution in [0.5, 0.6) is 0 Å². The maximum Gasteiger partial charge on any atom is 0.343 e. The maximum atomic E-state index is 10.1. The van der Waals surface area contributed by atoms with E-state index in [9.17, 15) is 9.59 Å². The van der Waals surface area contributed by atoms with Gasteiger partial charge in [-0.2, -0.15) is 0 Å². The molecule has 0 aliphatic carbocycles. The second-order valence-electron chi connectivity index (χ2n) is 1.24. The number of carboxylic acids is 2. The summed E-state index contributed by atoms with van der Waals surface area (Å²) in [4.78, 5) is 19.6. The van der Waals surface area contributed by atoms with Crippen LogP contribution in [0.1, 0.15) is 0 Å². The minimum absolute atomic E-state index is 0.309. The lowest BCUT2D eigenvalue weighted by molar-refractivity contribution is -0.134. The molecule has 0 unspecified atom stereocenters. The van der Waals surface area contributed by atoms with Gasteiger partial charge in [0.1, 0.15) is 4.91 Å². The molecule has 0 rings (SSSR count). The number of rotatable bonds is 3. The van der Waals surface area contributed by atoms with Crippen molar-refractivity contribution in [2.24, 2.45) is 0 Å². The molecular formula is C4H4O4S2. The highest BCUT2D eigenvalue weighted by Crippen LogP contribution is 2.18. The third kappa shape index (κ3) is 3.41. The minimum Gasteiger partial charge on any atom is -0.478 e. The number of carbonyl (C=O) groups is 2. The predicted octanol–water partition coefficient (Wildman–Crippen LogP) is 0.618. The molecule has 4 nitrogen and oxygen atoms in total. The highest BCUT2D eigenvalue weighted by atomic mass is 33.1. The lowest BCUT2D eigenvalue weighted by Crippen LogP contribution is -1.99. The molecule has 0 heterocycles. The number of aliphatic carboxylic acids is 2. The lowest BCUT2D eigenvalue weighted by atomic mass is 10.5. The first kappa shape index (κ1) is 9.38. The molecular weight excluding hydrogens is 176 g/mol. The summed E-state index contributed by atoms with van der Waals surface area (Å²) in [6.45, 7) is 0. The third-order valence-corrected chi connectivity index (χ3v) is 1.64. The van der Waals surface area contributed by atoms with Gasteiger partial charge >= 0.3 is 11.9 Å². The van der Waals surface area contributed by atoms with E-state index in [-0.39, 0.29) is 4.91 Å². The first-order valence-corrected chi connectivity index (χ1v) is 3.94. The van der Waals surface area contributed by atoms with E-state index in [4.69, 9.17) is 10.2 Å². The quantitative estimate of drug-likeness (QED) is 0.337. The normalized spacial score (nSPS) is 11.1. The highest BCUT2D eigenvalue weighted by Gasteiger charge is 2.07. The van der Waals surface area contributed by atoms with Gasteiger partial charge in [0.2, 0.25) is 0 Å². The molecule has 0 aromatic carbocycles. The molecule has 0 saturated carbocycles. The fourth-order valence-corrected chi connectivity index (χ4v) is 0.863.